The van der Waals surface area contributed by atoms with Gasteiger partial charge in [-0.15, -0.1) is 11.7 Å². The van der Waals surface area contributed by atoms with Crippen molar-refractivity contribution in [1.82, 2.24) is 0 Å². The van der Waals surface area contributed by atoms with Crippen molar-refractivity contribution < 1.29 is 4.39 Å². The second-order valence-electron chi connectivity index (χ2n) is 8.17. The Kier molecular flexibility index (Phi) is 8.68. The van der Waals surface area contributed by atoms with Crippen LogP contribution in [-0.4, -0.2) is 18.1 Å². The van der Waals surface area contributed by atoms with Gasteiger partial charge in [0.1, 0.15) is 5.71 Å². The van der Waals surface area contributed by atoms with Crippen LogP contribution in [0.25, 0.3) is 0 Å². The minimum atomic E-state index is -0.809. The van der Waals surface area contributed by atoms with Crippen LogP contribution in [-0.2, 0) is 6.42 Å². The summed E-state index contributed by atoms with van der Waals surface area (Å²) in [5.41, 5.74) is 6.22. The predicted octanol–water partition coefficient (Wildman–Crippen LogP) is 7.53. The van der Waals surface area contributed by atoms with E-state index in [1.807, 2.05) is 48.5 Å². The number of rotatable bonds is 10. The molecule has 0 aliphatic rings. The number of aryl methyl sites for hydroxylation is 1. The largest absolute Gasteiger partial charge is 0.248 e. The first-order valence-corrected chi connectivity index (χ1v) is 11.2. The maximum absolute atomic E-state index is 13.4. The molecule has 3 aromatic rings. The zero-order chi connectivity index (χ0) is 22.8. The van der Waals surface area contributed by atoms with Gasteiger partial charge in [-0.1, -0.05) is 91.9 Å². The van der Waals surface area contributed by atoms with E-state index in [-0.39, 0.29) is 5.92 Å². The van der Waals surface area contributed by atoms with Crippen molar-refractivity contribution in [3.63, 3.8) is 0 Å². The highest BCUT2D eigenvalue weighted by Gasteiger charge is 2.12. The van der Waals surface area contributed by atoms with Crippen LogP contribution in [0.4, 0.5) is 4.39 Å². The van der Waals surface area contributed by atoms with Gasteiger partial charge in [-0.25, -0.2) is 4.39 Å². The Balaban J connectivity index is 1.83. The molecule has 3 heteroatoms. The van der Waals surface area contributed by atoms with Crippen LogP contribution in [0.15, 0.2) is 102 Å². The van der Waals surface area contributed by atoms with E-state index in [0.717, 1.165) is 40.8 Å². The second-order valence-corrected chi connectivity index (χ2v) is 8.17. The van der Waals surface area contributed by atoms with Crippen molar-refractivity contribution in [2.75, 3.05) is 0 Å². The molecule has 2 nitrogen and oxygen atoms in total. The lowest BCUT2D eigenvalue weighted by molar-refractivity contribution is 0.324. The van der Waals surface area contributed by atoms with Gasteiger partial charge < -0.3 is 0 Å². The summed E-state index contributed by atoms with van der Waals surface area (Å²) in [6, 6.07) is 26.6. The molecule has 0 aliphatic carbocycles. The Labute approximate surface area is 191 Å². The summed E-state index contributed by atoms with van der Waals surface area (Å²) >= 11 is 0. The number of benzene rings is 3. The number of halogens is 1. The summed E-state index contributed by atoms with van der Waals surface area (Å²) < 4.78 is 13.4. The molecule has 2 unspecified atom stereocenters. The van der Waals surface area contributed by atoms with E-state index in [4.69, 9.17) is 0 Å². The van der Waals surface area contributed by atoms with Crippen LogP contribution < -0.4 is 0 Å². The molecule has 0 saturated heterocycles. The standard InChI is InChI=1S/C29H31FN2/c1-4-5-9-24-12-14-25(15-13-24)21-31-32-29(27-10-7-6-8-11-27)28-18-16-26(17-19-28)22(2)20-23(3)30/h4,6-8,10-19,21-23H,1,5,9,20H2,2-3H3. The first-order chi connectivity index (χ1) is 15.6. The van der Waals surface area contributed by atoms with Gasteiger partial charge in [0.2, 0.25) is 0 Å². The molecular formula is C29H31FN2. The molecule has 0 aromatic heterocycles. The zero-order valence-electron chi connectivity index (χ0n) is 18.9. The van der Waals surface area contributed by atoms with Gasteiger partial charge in [-0.2, -0.15) is 5.10 Å². The number of hydrogen-bond acceptors (Lipinski definition) is 2. The van der Waals surface area contributed by atoms with E-state index in [1.165, 1.54) is 5.56 Å². The molecule has 0 radical (unpaired) electrons. The molecular weight excluding hydrogens is 395 g/mol. The molecule has 3 aromatic carbocycles. The highest BCUT2D eigenvalue weighted by molar-refractivity contribution is 6.13. The number of alkyl halides is 1. The quantitative estimate of drug-likeness (QED) is 0.182. The summed E-state index contributed by atoms with van der Waals surface area (Å²) in [5.74, 6) is 0.175. The Morgan fingerprint density at radius 1 is 0.906 bits per heavy atom. The number of nitrogens with zero attached hydrogens (tertiary/aromatic N) is 2. The van der Waals surface area contributed by atoms with Gasteiger partial charge in [0.05, 0.1) is 12.4 Å². The number of allylic oxidation sites excluding steroid dienone is 1. The Hall–Kier alpha value is -3.33. The van der Waals surface area contributed by atoms with Gasteiger partial charge >= 0.3 is 0 Å². The summed E-state index contributed by atoms with van der Waals surface area (Å²) in [4.78, 5) is 0. The fraction of sp³-hybridized carbons (Fsp3) is 0.241. The Morgan fingerprint density at radius 2 is 1.56 bits per heavy atom. The summed E-state index contributed by atoms with van der Waals surface area (Å²) in [7, 11) is 0. The highest BCUT2D eigenvalue weighted by Crippen LogP contribution is 2.23. The van der Waals surface area contributed by atoms with E-state index >= 15 is 0 Å². The van der Waals surface area contributed by atoms with E-state index in [9.17, 15) is 4.39 Å². The normalized spacial score (nSPS) is 13.8. The molecule has 0 amide bonds. The molecule has 0 fully saturated rings. The van der Waals surface area contributed by atoms with Crippen LogP contribution >= 0.6 is 0 Å². The van der Waals surface area contributed by atoms with E-state index in [2.05, 4.69) is 60.1 Å². The molecule has 0 heterocycles. The van der Waals surface area contributed by atoms with Gasteiger partial charge in [-0.05, 0) is 48.8 Å². The van der Waals surface area contributed by atoms with Crippen LogP contribution in [0.3, 0.4) is 0 Å². The fourth-order valence-electron chi connectivity index (χ4n) is 3.66. The molecule has 2 atom stereocenters. The summed E-state index contributed by atoms with van der Waals surface area (Å²) in [6.07, 6.45) is 5.40. The molecule has 0 N–H and O–H groups in total. The molecule has 32 heavy (non-hydrogen) atoms. The first-order valence-electron chi connectivity index (χ1n) is 11.2. The summed E-state index contributed by atoms with van der Waals surface area (Å²) in [5, 5.41) is 8.95. The molecule has 0 bridgehead atoms. The van der Waals surface area contributed by atoms with E-state index in [0.29, 0.717) is 6.42 Å². The van der Waals surface area contributed by atoms with Crippen molar-refractivity contribution >= 4 is 11.9 Å². The Morgan fingerprint density at radius 3 is 2.19 bits per heavy atom. The van der Waals surface area contributed by atoms with Crippen molar-refractivity contribution in [2.24, 2.45) is 10.2 Å². The molecule has 0 saturated carbocycles. The molecule has 0 spiro atoms. The van der Waals surface area contributed by atoms with Gasteiger partial charge in [0, 0.05) is 11.1 Å². The predicted molar refractivity (Wildman–Crippen MR) is 135 cm³/mol. The van der Waals surface area contributed by atoms with Crippen molar-refractivity contribution in [3.8, 4) is 0 Å². The average molecular weight is 427 g/mol. The van der Waals surface area contributed by atoms with Crippen LogP contribution in [0.5, 0.6) is 0 Å². The minimum Gasteiger partial charge on any atom is -0.248 e. The maximum Gasteiger partial charge on any atom is 0.100 e. The lowest BCUT2D eigenvalue weighted by Gasteiger charge is -2.13. The highest BCUT2D eigenvalue weighted by atomic mass is 19.1. The van der Waals surface area contributed by atoms with Crippen LogP contribution in [0.2, 0.25) is 0 Å². The first kappa shape index (κ1) is 23.3. The van der Waals surface area contributed by atoms with E-state index < -0.39 is 6.17 Å². The van der Waals surface area contributed by atoms with Gasteiger partial charge in [0.25, 0.3) is 0 Å². The van der Waals surface area contributed by atoms with Crippen molar-refractivity contribution in [3.05, 3.63) is 119 Å². The van der Waals surface area contributed by atoms with Gasteiger partial charge in [0.15, 0.2) is 0 Å². The monoisotopic (exact) mass is 426 g/mol. The van der Waals surface area contributed by atoms with Crippen molar-refractivity contribution in [2.45, 2.75) is 45.2 Å². The number of hydrogen-bond donors (Lipinski definition) is 0. The smallest absolute Gasteiger partial charge is 0.100 e. The van der Waals surface area contributed by atoms with Gasteiger partial charge in [-0.3, -0.25) is 0 Å². The fourth-order valence-corrected chi connectivity index (χ4v) is 3.66. The molecule has 0 aliphatic heterocycles. The van der Waals surface area contributed by atoms with Crippen LogP contribution in [0.1, 0.15) is 60.4 Å². The Bertz CT molecular complexity index is 1030. The van der Waals surface area contributed by atoms with Crippen molar-refractivity contribution in [1.29, 1.82) is 0 Å². The second kappa shape index (κ2) is 11.9. The topological polar surface area (TPSA) is 24.7 Å². The lowest BCUT2D eigenvalue weighted by atomic mass is 9.93. The lowest BCUT2D eigenvalue weighted by Crippen LogP contribution is -2.05. The summed E-state index contributed by atoms with van der Waals surface area (Å²) in [6.45, 7) is 7.44. The SMILES string of the molecule is C=CCCc1ccc(C=NN=C(c2ccccc2)c2ccc(C(C)CC(C)F)cc2)cc1. The third kappa shape index (κ3) is 6.84. The minimum absolute atomic E-state index is 0.175. The van der Waals surface area contributed by atoms with Crippen LogP contribution in [0, 0.1) is 0 Å². The molecule has 3 rings (SSSR count). The maximum atomic E-state index is 13.4. The molecule has 164 valence electrons. The third-order valence-corrected chi connectivity index (χ3v) is 5.46. The third-order valence-electron chi connectivity index (χ3n) is 5.46. The van der Waals surface area contributed by atoms with E-state index in [1.54, 1.807) is 13.1 Å². The zero-order valence-corrected chi connectivity index (χ0v) is 18.9. The average Bonchev–Trinajstić information content (AvgIpc) is 2.81.